The van der Waals surface area contributed by atoms with Crippen molar-refractivity contribution in [2.24, 2.45) is 0 Å². The van der Waals surface area contributed by atoms with E-state index in [2.05, 4.69) is 4.90 Å². The van der Waals surface area contributed by atoms with Crippen molar-refractivity contribution in [3.63, 3.8) is 0 Å². The fraction of sp³-hybridized carbons (Fsp3) is 0.350. The van der Waals surface area contributed by atoms with Gasteiger partial charge in [-0.25, -0.2) is 0 Å². The Kier molecular flexibility index (Phi) is 5.49. The molecule has 0 amide bonds. The molecule has 1 saturated heterocycles. The van der Waals surface area contributed by atoms with Crippen LogP contribution in [0.4, 0.5) is 5.69 Å². The van der Waals surface area contributed by atoms with Crippen LogP contribution in [0, 0.1) is 0 Å². The highest BCUT2D eigenvalue weighted by atomic mass is 16.5. The normalized spacial score (nSPS) is 14.5. The van der Waals surface area contributed by atoms with Crippen LogP contribution in [0.5, 0.6) is 5.75 Å². The van der Waals surface area contributed by atoms with Crippen molar-refractivity contribution in [2.45, 2.75) is 12.8 Å². The first-order valence-electron chi connectivity index (χ1n) is 8.36. The summed E-state index contributed by atoms with van der Waals surface area (Å²) in [7, 11) is 1.66. The highest BCUT2D eigenvalue weighted by Crippen LogP contribution is 2.21. The number of nitrogens with zero attached hydrogens (tertiary/aromatic N) is 1. The molecule has 0 bridgehead atoms. The number of benzene rings is 2. The van der Waals surface area contributed by atoms with Gasteiger partial charge in [-0.05, 0) is 42.3 Å². The molecule has 2 aromatic carbocycles. The van der Waals surface area contributed by atoms with E-state index in [1.54, 1.807) is 7.11 Å². The quantitative estimate of drug-likeness (QED) is 0.764. The van der Waals surface area contributed by atoms with E-state index in [9.17, 15) is 4.79 Å². The maximum Gasteiger partial charge on any atom is 0.163 e. The molecule has 0 unspecified atom stereocenters. The predicted molar refractivity (Wildman–Crippen MR) is 95.1 cm³/mol. The molecule has 126 valence electrons. The minimum Gasteiger partial charge on any atom is -0.496 e. The van der Waals surface area contributed by atoms with Gasteiger partial charge in [-0.3, -0.25) is 4.79 Å². The Labute approximate surface area is 143 Å². The van der Waals surface area contributed by atoms with Gasteiger partial charge in [-0.2, -0.15) is 0 Å². The van der Waals surface area contributed by atoms with Crippen molar-refractivity contribution in [1.29, 1.82) is 0 Å². The van der Waals surface area contributed by atoms with Crippen LogP contribution in [0.25, 0.3) is 0 Å². The Hall–Kier alpha value is -2.33. The first kappa shape index (κ1) is 16.5. The van der Waals surface area contributed by atoms with E-state index >= 15 is 0 Å². The summed E-state index contributed by atoms with van der Waals surface area (Å²) in [5.74, 6) is 1.00. The lowest BCUT2D eigenvalue weighted by atomic mass is 10.0. The SMILES string of the molecule is COc1ccccc1CCC(=O)c1ccc(N2CCOCC2)cc1. The number of ether oxygens (including phenoxy) is 2. The number of anilines is 1. The van der Waals surface area contributed by atoms with Crippen molar-refractivity contribution >= 4 is 11.5 Å². The molecule has 1 heterocycles. The fourth-order valence-electron chi connectivity index (χ4n) is 2.98. The van der Waals surface area contributed by atoms with Crippen LogP contribution < -0.4 is 9.64 Å². The van der Waals surface area contributed by atoms with E-state index in [1.807, 2.05) is 48.5 Å². The summed E-state index contributed by atoms with van der Waals surface area (Å²) in [4.78, 5) is 14.7. The molecule has 4 heteroatoms. The Balaban J connectivity index is 1.60. The smallest absolute Gasteiger partial charge is 0.163 e. The maximum absolute atomic E-state index is 12.4. The van der Waals surface area contributed by atoms with Crippen LogP contribution in [0.1, 0.15) is 22.3 Å². The number of para-hydroxylation sites is 1. The van der Waals surface area contributed by atoms with Gasteiger partial charge in [0.2, 0.25) is 0 Å². The van der Waals surface area contributed by atoms with Crippen LogP contribution in [-0.4, -0.2) is 39.2 Å². The molecule has 0 atom stereocenters. The second kappa shape index (κ2) is 7.97. The average molecular weight is 325 g/mol. The molecule has 0 spiro atoms. The molecule has 1 fully saturated rings. The number of carbonyl (C=O) groups is 1. The number of aryl methyl sites for hydroxylation is 1. The second-order valence-electron chi connectivity index (χ2n) is 5.88. The van der Waals surface area contributed by atoms with Crippen LogP contribution >= 0.6 is 0 Å². The predicted octanol–water partition coefficient (Wildman–Crippen LogP) is 3.35. The third-order valence-electron chi connectivity index (χ3n) is 4.38. The molecule has 1 aliphatic heterocycles. The van der Waals surface area contributed by atoms with E-state index in [4.69, 9.17) is 9.47 Å². The monoisotopic (exact) mass is 325 g/mol. The van der Waals surface area contributed by atoms with E-state index in [0.717, 1.165) is 48.9 Å². The zero-order chi connectivity index (χ0) is 16.8. The summed E-state index contributed by atoms with van der Waals surface area (Å²) in [5.41, 5.74) is 2.99. The highest BCUT2D eigenvalue weighted by molar-refractivity contribution is 5.96. The molecule has 3 rings (SSSR count). The number of methoxy groups -OCH3 is 1. The number of rotatable bonds is 6. The lowest BCUT2D eigenvalue weighted by Crippen LogP contribution is -2.36. The molecule has 1 aliphatic rings. The Morgan fingerprint density at radius 2 is 1.79 bits per heavy atom. The average Bonchev–Trinajstić information content (AvgIpc) is 2.67. The number of Topliss-reactive ketones (excluding diaryl/α,β-unsaturated/α-hetero) is 1. The molecule has 2 aromatic rings. The van der Waals surface area contributed by atoms with Crippen molar-refractivity contribution in [2.75, 3.05) is 38.3 Å². The van der Waals surface area contributed by atoms with Crippen molar-refractivity contribution in [1.82, 2.24) is 0 Å². The molecule has 0 N–H and O–H groups in total. The highest BCUT2D eigenvalue weighted by Gasteiger charge is 2.13. The fourth-order valence-corrected chi connectivity index (χ4v) is 2.98. The van der Waals surface area contributed by atoms with Crippen molar-refractivity contribution < 1.29 is 14.3 Å². The number of carbonyl (C=O) groups excluding carboxylic acids is 1. The van der Waals surface area contributed by atoms with E-state index < -0.39 is 0 Å². The van der Waals surface area contributed by atoms with Crippen LogP contribution in [0.15, 0.2) is 48.5 Å². The third-order valence-corrected chi connectivity index (χ3v) is 4.38. The van der Waals surface area contributed by atoms with Gasteiger partial charge in [-0.15, -0.1) is 0 Å². The zero-order valence-corrected chi connectivity index (χ0v) is 14.0. The molecule has 4 nitrogen and oxygen atoms in total. The van der Waals surface area contributed by atoms with Crippen molar-refractivity contribution in [3.8, 4) is 5.75 Å². The molecule has 0 saturated carbocycles. The number of morpholine rings is 1. The molecule has 0 aliphatic carbocycles. The Morgan fingerprint density at radius 3 is 2.50 bits per heavy atom. The minimum absolute atomic E-state index is 0.162. The Morgan fingerprint density at radius 1 is 1.08 bits per heavy atom. The van der Waals surface area contributed by atoms with Gasteiger partial charge in [0.1, 0.15) is 5.75 Å². The van der Waals surface area contributed by atoms with E-state index in [-0.39, 0.29) is 5.78 Å². The van der Waals surface area contributed by atoms with E-state index in [1.165, 1.54) is 0 Å². The van der Waals surface area contributed by atoms with Gasteiger partial charge in [-0.1, -0.05) is 18.2 Å². The first-order valence-corrected chi connectivity index (χ1v) is 8.36. The van der Waals surface area contributed by atoms with Crippen molar-refractivity contribution in [3.05, 3.63) is 59.7 Å². The number of hydrogen-bond acceptors (Lipinski definition) is 4. The summed E-state index contributed by atoms with van der Waals surface area (Å²) in [6, 6.07) is 15.8. The molecule has 0 aromatic heterocycles. The molecular weight excluding hydrogens is 302 g/mol. The van der Waals surface area contributed by atoms with Gasteiger partial charge in [0, 0.05) is 30.8 Å². The van der Waals surface area contributed by atoms with E-state index in [0.29, 0.717) is 12.8 Å². The first-order chi connectivity index (χ1) is 11.8. The molecule has 24 heavy (non-hydrogen) atoms. The minimum atomic E-state index is 0.162. The topological polar surface area (TPSA) is 38.8 Å². The molecule has 0 radical (unpaired) electrons. The summed E-state index contributed by atoms with van der Waals surface area (Å²) < 4.78 is 10.7. The van der Waals surface area contributed by atoms with Crippen LogP contribution in [-0.2, 0) is 11.2 Å². The number of ketones is 1. The maximum atomic E-state index is 12.4. The summed E-state index contributed by atoms with van der Waals surface area (Å²) in [6.45, 7) is 3.33. The van der Waals surface area contributed by atoms with Crippen LogP contribution in [0.2, 0.25) is 0 Å². The third kappa shape index (κ3) is 3.95. The second-order valence-corrected chi connectivity index (χ2v) is 5.88. The van der Waals surface area contributed by atoms with Gasteiger partial charge >= 0.3 is 0 Å². The summed E-state index contributed by atoms with van der Waals surface area (Å²) in [5, 5.41) is 0. The van der Waals surface area contributed by atoms with Gasteiger partial charge in [0.25, 0.3) is 0 Å². The van der Waals surface area contributed by atoms with Crippen LogP contribution in [0.3, 0.4) is 0 Å². The van der Waals surface area contributed by atoms with Gasteiger partial charge in [0.05, 0.1) is 20.3 Å². The lowest BCUT2D eigenvalue weighted by molar-refractivity contribution is 0.0982. The number of hydrogen-bond donors (Lipinski definition) is 0. The Bertz CT molecular complexity index is 676. The lowest BCUT2D eigenvalue weighted by Gasteiger charge is -2.28. The standard InChI is InChI=1S/C20H23NO3/c1-23-20-5-3-2-4-17(20)8-11-19(22)16-6-9-18(10-7-16)21-12-14-24-15-13-21/h2-7,9-10H,8,11-15H2,1H3. The molecular formula is C20H23NO3. The van der Waals surface area contributed by atoms with Gasteiger partial charge in [0.15, 0.2) is 5.78 Å². The summed E-state index contributed by atoms with van der Waals surface area (Å²) >= 11 is 0. The summed E-state index contributed by atoms with van der Waals surface area (Å²) in [6.07, 6.45) is 1.17. The van der Waals surface area contributed by atoms with Gasteiger partial charge < -0.3 is 14.4 Å². The zero-order valence-electron chi connectivity index (χ0n) is 14.0. The largest absolute Gasteiger partial charge is 0.496 e.